The molecule has 2 aromatic carbocycles. The smallest absolute Gasteiger partial charge is 0.172 e. The number of pyridine rings is 1. The molecule has 6 heteroatoms. The van der Waals surface area contributed by atoms with Gasteiger partial charge < -0.3 is 0 Å². The standard InChI is InChI=1S/C21H15BrFN3O/c1-13-16(12-24-26(13)21-17(22)6-4-7-18(21)23)20(27)11-15-10-9-14-5-2-3-8-19(14)25-15/h2-10,12H,11H2,1H3. The number of carbonyl (C=O) groups is 1. The zero-order valence-electron chi connectivity index (χ0n) is 14.5. The molecule has 2 heterocycles. The summed E-state index contributed by atoms with van der Waals surface area (Å²) in [5, 5.41) is 5.26. The summed E-state index contributed by atoms with van der Waals surface area (Å²) in [4.78, 5) is 17.3. The highest BCUT2D eigenvalue weighted by Crippen LogP contribution is 2.26. The molecule has 0 amide bonds. The molecule has 0 bridgehead atoms. The highest BCUT2D eigenvalue weighted by atomic mass is 79.9. The van der Waals surface area contributed by atoms with Gasteiger partial charge >= 0.3 is 0 Å². The van der Waals surface area contributed by atoms with Gasteiger partial charge in [0, 0.05) is 15.6 Å². The van der Waals surface area contributed by atoms with Crippen molar-refractivity contribution < 1.29 is 9.18 Å². The van der Waals surface area contributed by atoms with E-state index < -0.39 is 5.82 Å². The number of fused-ring (bicyclic) bond motifs is 1. The highest BCUT2D eigenvalue weighted by molar-refractivity contribution is 9.10. The van der Waals surface area contributed by atoms with Crippen LogP contribution in [-0.4, -0.2) is 20.5 Å². The third-order valence-corrected chi connectivity index (χ3v) is 5.10. The second kappa shape index (κ2) is 7.04. The molecule has 0 N–H and O–H groups in total. The summed E-state index contributed by atoms with van der Waals surface area (Å²) in [5.74, 6) is -0.514. The van der Waals surface area contributed by atoms with E-state index in [1.54, 1.807) is 19.1 Å². The molecule has 0 unspecified atom stereocenters. The third kappa shape index (κ3) is 3.28. The fourth-order valence-electron chi connectivity index (χ4n) is 3.07. The largest absolute Gasteiger partial charge is 0.294 e. The Morgan fingerprint density at radius 2 is 1.93 bits per heavy atom. The lowest BCUT2D eigenvalue weighted by atomic mass is 10.1. The Morgan fingerprint density at radius 1 is 1.11 bits per heavy atom. The fourth-order valence-corrected chi connectivity index (χ4v) is 3.58. The first kappa shape index (κ1) is 17.5. The summed E-state index contributed by atoms with van der Waals surface area (Å²) >= 11 is 3.35. The van der Waals surface area contributed by atoms with Crippen LogP contribution in [0.3, 0.4) is 0 Å². The van der Waals surface area contributed by atoms with Gasteiger partial charge in [-0.2, -0.15) is 5.10 Å². The molecule has 134 valence electrons. The van der Waals surface area contributed by atoms with Crippen LogP contribution in [0.5, 0.6) is 0 Å². The minimum absolute atomic E-state index is 0.103. The van der Waals surface area contributed by atoms with E-state index in [2.05, 4.69) is 26.0 Å². The van der Waals surface area contributed by atoms with Crippen LogP contribution >= 0.6 is 15.9 Å². The van der Waals surface area contributed by atoms with Crippen molar-refractivity contribution in [3.63, 3.8) is 0 Å². The Labute approximate surface area is 163 Å². The number of para-hydroxylation sites is 2. The van der Waals surface area contributed by atoms with Crippen molar-refractivity contribution in [1.82, 2.24) is 14.8 Å². The quantitative estimate of drug-likeness (QED) is 0.431. The molecule has 0 spiro atoms. The van der Waals surface area contributed by atoms with E-state index in [0.717, 1.165) is 10.9 Å². The van der Waals surface area contributed by atoms with Crippen molar-refractivity contribution in [2.24, 2.45) is 0 Å². The lowest BCUT2D eigenvalue weighted by Crippen LogP contribution is -2.08. The molecule has 27 heavy (non-hydrogen) atoms. The highest BCUT2D eigenvalue weighted by Gasteiger charge is 2.19. The van der Waals surface area contributed by atoms with Crippen molar-refractivity contribution >= 4 is 32.6 Å². The van der Waals surface area contributed by atoms with Crippen LogP contribution < -0.4 is 0 Å². The van der Waals surface area contributed by atoms with Crippen LogP contribution in [0.2, 0.25) is 0 Å². The number of benzene rings is 2. The monoisotopic (exact) mass is 423 g/mol. The lowest BCUT2D eigenvalue weighted by molar-refractivity contribution is 0.0991. The van der Waals surface area contributed by atoms with Crippen molar-refractivity contribution in [1.29, 1.82) is 0 Å². The van der Waals surface area contributed by atoms with Crippen LogP contribution in [-0.2, 0) is 6.42 Å². The van der Waals surface area contributed by atoms with E-state index in [-0.39, 0.29) is 17.9 Å². The molecule has 0 saturated carbocycles. The molecule has 0 atom stereocenters. The second-order valence-electron chi connectivity index (χ2n) is 6.22. The van der Waals surface area contributed by atoms with Crippen LogP contribution in [0.4, 0.5) is 4.39 Å². The zero-order valence-corrected chi connectivity index (χ0v) is 16.1. The van der Waals surface area contributed by atoms with E-state index in [0.29, 0.717) is 21.4 Å². The number of hydrogen-bond donors (Lipinski definition) is 0. The molecule has 0 aliphatic carbocycles. The number of rotatable bonds is 4. The van der Waals surface area contributed by atoms with Gasteiger partial charge in [-0.25, -0.2) is 9.07 Å². The Balaban J connectivity index is 1.65. The van der Waals surface area contributed by atoms with E-state index >= 15 is 0 Å². The van der Waals surface area contributed by atoms with Gasteiger partial charge in [-0.15, -0.1) is 0 Å². The SMILES string of the molecule is Cc1c(C(=O)Cc2ccc3ccccc3n2)cnn1-c1c(F)cccc1Br. The van der Waals surface area contributed by atoms with Crippen molar-refractivity contribution in [3.8, 4) is 5.69 Å². The molecule has 0 aliphatic rings. The minimum Gasteiger partial charge on any atom is -0.294 e. The average molecular weight is 424 g/mol. The Bertz CT molecular complexity index is 1150. The van der Waals surface area contributed by atoms with Crippen molar-refractivity contribution in [2.45, 2.75) is 13.3 Å². The van der Waals surface area contributed by atoms with E-state index in [4.69, 9.17) is 0 Å². The number of Topliss-reactive ketones (excluding diaryl/α,β-unsaturated/α-hetero) is 1. The van der Waals surface area contributed by atoms with E-state index in [1.807, 2.05) is 36.4 Å². The molecular weight excluding hydrogens is 409 g/mol. The molecule has 4 aromatic rings. The maximum Gasteiger partial charge on any atom is 0.172 e. The minimum atomic E-state index is -0.411. The van der Waals surface area contributed by atoms with E-state index in [1.165, 1.54) is 16.9 Å². The first-order valence-electron chi connectivity index (χ1n) is 8.41. The van der Waals surface area contributed by atoms with Gasteiger partial charge in [0.15, 0.2) is 5.78 Å². The van der Waals surface area contributed by atoms with Gasteiger partial charge in [0.05, 0.1) is 29.4 Å². The normalized spacial score (nSPS) is 11.1. The summed E-state index contributed by atoms with van der Waals surface area (Å²) in [5.41, 5.74) is 2.88. The Kier molecular flexibility index (Phi) is 4.58. The summed E-state index contributed by atoms with van der Waals surface area (Å²) in [6, 6.07) is 16.3. The van der Waals surface area contributed by atoms with Gasteiger partial charge in [-0.3, -0.25) is 9.78 Å². The molecule has 0 fully saturated rings. The molecule has 0 aliphatic heterocycles. The predicted octanol–water partition coefficient (Wildman–Crippen LogP) is 5.06. The lowest BCUT2D eigenvalue weighted by Gasteiger charge is -2.09. The van der Waals surface area contributed by atoms with Gasteiger partial charge in [0.1, 0.15) is 11.5 Å². The van der Waals surface area contributed by atoms with Crippen LogP contribution in [0.1, 0.15) is 21.7 Å². The Hall–Kier alpha value is -2.86. The first-order valence-corrected chi connectivity index (χ1v) is 9.21. The van der Waals surface area contributed by atoms with E-state index in [9.17, 15) is 9.18 Å². The molecule has 2 aromatic heterocycles. The van der Waals surface area contributed by atoms with Crippen molar-refractivity contribution in [2.75, 3.05) is 0 Å². The van der Waals surface area contributed by atoms with Crippen molar-refractivity contribution in [3.05, 3.63) is 88.0 Å². The van der Waals surface area contributed by atoms with Gasteiger partial charge in [-0.05, 0) is 47.1 Å². The maximum absolute atomic E-state index is 14.2. The van der Waals surface area contributed by atoms with Gasteiger partial charge in [0.2, 0.25) is 0 Å². The summed E-state index contributed by atoms with van der Waals surface area (Å²) in [6.07, 6.45) is 1.65. The first-order chi connectivity index (χ1) is 13.0. The summed E-state index contributed by atoms with van der Waals surface area (Å²) in [6.45, 7) is 1.76. The third-order valence-electron chi connectivity index (χ3n) is 4.46. The second-order valence-corrected chi connectivity index (χ2v) is 7.08. The van der Waals surface area contributed by atoms with Gasteiger partial charge in [-0.1, -0.05) is 30.3 Å². The molecule has 4 rings (SSSR count). The predicted molar refractivity (Wildman–Crippen MR) is 106 cm³/mol. The number of nitrogens with zero attached hydrogens (tertiary/aromatic N) is 3. The maximum atomic E-state index is 14.2. The summed E-state index contributed by atoms with van der Waals surface area (Å²) in [7, 11) is 0. The van der Waals surface area contributed by atoms with Gasteiger partial charge in [0.25, 0.3) is 0 Å². The number of hydrogen-bond acceptors (Lipinski definition) is 3. The van der Waals surface area contributed by atoms with Crippen LogP contribution in [0.25, 0.3) is 16.6 Å². The molecular formula is C21H15BrFN3O. The van der Waals surface area contributed by atoms with Crippen LogP contribution in [0.15, 0.2) is 65.3 Å². The zero-order chi connectivity index (χ0) is 19.0. The Morgan fingerprint density at radius 3 is 2.74 bits per heavy atom. The van der Waals surface area contributed by atoms with Crippen LogP contribution in [0, 0.1) is 12.7 Å². The number of carbonyl (C=O) groups excluding carboxylic acids is 1. The summed E-state index contributed by atoms with van der Waals surface area (Å²) < 4.78 is 16.3. The molecule has 0 saturated heterocycles. The number of aromatic nitrogens is 3. The number of ketones is 1. The fraction of sp³-hybridized carbons (Fsp3) is 0.0952. The average Bonchev–Trinajstić information content (AvgIpc) is 3.03. The molecule has 4 nitrogen and oxygen atoms in total. The topological polar surface area (TPSA) is 47.8 Å². The number of halogens is 2. The molecule has 0 radical (unpaired) electrons.